The van der Waals surface area contributed by atoms with Crippen molar-refractivity contribution in [3.05, 3.63) is 29.3 Å². The van der Waals surface area contributed by atoms with Gasteiger partial charge in [0.1, 0.15) is 5.75 Å². The molecule has 2 N–H and O–H groups in total. The van der Waals surface area contributed by atoms with E-state index in [-0.39, 0.29) is 0 Å². The molecule has 0 aromatic heterocycles. The molecule has 0 radical (unpaired) electrons. The van der Waals surface area contributed by atoms with Gasteiger partial charge in [-0.2, -0.15) is 0 Å². The van der Waals surface area contributed by atoms with Crippen molar-refractivity contribution in [1.29, 1.82) is 0 Å². The standard InChI is InChI=1S/C12H17NO2S/c1-16(15)8-7-13-11-6-5-10-9(11)3-2-4-12(10)14/h2-4,11,13-14H,5-8H2,1H3. The zero-order valence-electron chi connectivity index (χ0n) is 9.40. The molecule has 0 saturated heterocycles. The summed E-state index contributed by atoms with van der Waals surface area (Å²) in [6.07, 6.45) is 3.66. The summed E-state index contributed by atoms with van der Waals surface area (Å²) < 4.78 is 10.9. The second-order valence-electron chi connectivity index (χ2n) is 4.17. The highest BCUT2D eigenvalue weighted by Gasteiger charge is 2.23. The Bertz CT molecular complexity index is 406. The SMILES string of the molecule is CS(=O)CCNC1CCc2c(O)cccc21. The third kappa shape index (κ3) is 2.44. The first kappa shape index (κ1) is 11.6. The molecule has 1 aromatic rings. The van der Waals surface area contributed by atoms with E-state index in [0.717, 1.165) is 24.9 Å². The molecule has 0 bridgehead atoms. The number of aromatic hydroxyl groups is 1. The molecule has 0 aliphatic heterocycles. The van der Waals surface area contributed by atoms with Crippen LogP contribution in [0.3, 0.4) is 0 Å². The number of nitrogens with one attached hydrogen (secondary N) is 1. The summed E-state index contributed by atoms with van der Waals surface area (Å²) in [5.41, 5.74) is 2.26. The largest absolute Gasteiger partial charge is 0.508 e. The van der Waals surface area contributed by atoms with E-state index in [9.17, 15) is 9.32 Å². The van der Waals surface area contributed by atoms with Gasteiger partial charge in [-0.3, -0.25) is 4.21 Å². The molecule has 0 amide bonds. The van der Waals surface area contributed by atoms with Gasteiger partial charge in [0.2, 0.25) is 0 Å². The van der Waals surface area contributed by atoms with E-state index < -0.39 is 10.8 Å². The third-order valence-electron chi connectivity index (χ3n) is 3.03. The number of phenolic OH excluding ortho intramolecular Hbond substituents is 1. The maximum Gasteiger partial charge on any atom is 0.119 e. The van der Waals surface area contributed by atoms with Crippen LogP contribution in [0.1, 0.15) is 23.6 Å². The van der Waals surface area contributed by atoms with E-state index in [4.69, 9.17) is 0 Å². The predicted octanol–water partition coefficient (Wildman–Crippen LogP) is 1.35. The molecule has 2 rings (SSSR count). The highest BCUT2D eigenvalue weighted by atomic mass is 32.2. The van der Waals surface area contributed by atoms with Gasteiger partial charge in [-0.15, -0.1) is 0 Å². The number of hydrogen-bond donors (Lipinski definition) is 2. The molecule has 2 unspecified atom stereocenters. The van der Waals surface area contributed by atoms with Gasteiger partial charge in [-0.05, 0) is 30.0 Å². The van der Waals surface area contributed by atoms with E-state index in [1.54, 1.807) is 12.3 Å². The summed E-state index contributed by atoms with van der Waals surface area (Å²) in [5, 5.41) is 13.1. The van der Waals surface area contributed by atoms with Crippen LogP contribution in [0.4, 0.5) is 0 Å². The zero-order valence-corrected chi connectivity index (χ0v) is 10.2. The van der Waals surface area contributed by atoms with E-state index >= 15 is 0 Å². The lowest BCUT2D eigenvalue weighted by atomic mass is 10.1. The summed E-state index contributed by atoms with van der Waals surface area (Å²) in [4.78, 5) is 0. The minimum Gasteiger partial charge on any atom is -0.508 e. The van der Waals surface area contributed by atoms with Crippen LogP contribution in [0, 0.1) is 0 Å². The Morgan fingerprint density at radius 3 is 3.12 bits per heavy atom. The van der Waals surface area contributed by atoms with Gasteiger partial charge in [0.05, 0.1) is 0 Å². The Labute approximate surface area is 98.3 Å². The van der Waals surface area contributed by atoms with Gasteiger partial charge in [-0.25, -0.2) is 0 Å². The van der Waals surface area contributed by atoms with Crippen LogP contribution in [0.5, 0.6) is 5.75 Å². The van der Waals surface area contributed by atoms with E-state index in [1.165, 1.54) is 5.56 Å². The van der Waals surface area contributed by atoms with Crippen molar-refractivity contribution in [2.75, 3.05) is 18.6 Å². The lowest BCUT2D eigenvalue weighted by Crippen LogP contribution is -2.24. The summed E-state index contributed by atoms with van der Waals surface area (Å²) in [6, 6.07) is 5.99. The predicted molar refractivity (Wildman–Crippen MR) is 66.1 cm³/mol. The molecule has 88 valence electrons. The van der Waals surface area contributed by atoms with Crippen LogP contribution in [-0.4, -0.2) is 27.9 Å². The average molecular weight is 239 g/mol. The first-order valence-electron chi connectivity index (χ1n) is 5.52. The van der Waals surface area contributed by atoms with Crippen LogP contribution in [0.25, 0.3) is 0 Å². The maximum atomic E-state index is 10.9. The molecule has 0 saturated carbocycles. The molecule has 0 spiro atoms. The second-order valence-corrected chi connectivity index (χ2v) is 5.72. The van der Waals surface area contributed by atoms with Gasteiger partial charge in [0.15, 0.2) is 0 Å². The maximum absolute atomic E-state index is 10.9. The topological polar surface area (TPSA) is 49.3 Å². The number of rotatable bonds is 4. The summed E-state index contributed by atoms with van der Waals surface area (Å²) >= 11 is 0. The first-order valence-corrected chi connectivity index (χ1v) is 7.25. The highest BCUT2D eigenvalue weighted by molar-refractivity contribution is 7.84. The smallest absolute Gasteiger partial charge is 0.119 e. The van der Waals surface area contributed by atoms with Gasteiger partial charge in [-0.1, -0.05) is 12.1 Å². The van der Waals surface area contributed by atoms with Crippen LogP contribution in [0.15, 0.2) is 18.2 Å². The minimum atomic E-state index is -0.740. The van der Waals surface area contributed by atoms with Crippen molar-refractivity contribution in [3.63, 3.8) is 0 Å². The van der Waals surface area contributed by atoms with Gasteiger partial charge >= 0.3 is 0 Å². The minimum absolute atomic E-state index is 0.311. The molecule has 2 atom stereocenters. The van der Waals surface area contributed by atoms with Crippen LogP contribution < -0.4 is 5.32 Å². The quantitative estimate of drug-likeness (QED) is 0.834. The Balaban J connectivity index is 2.01. The van der Waals surface area contributed by atoms with Crippen molar-refractivity contribution in [2.24, 2.45) is 0 Å². The van der Waals surface area contributed by atoms with Crippen LogP contribution in [-0.2, 0) is 17.2 Å². The summed E-state index contributed by atoms with van der Waals surface area (Å²) in [5.74, 6) is 1.09. The lowest BCUT2D eigenvalue weighted by Gasteiger charge is -2.13. The van der Waals surface area contributed by atoms with Gasteiger partial charge in [0, 0.05) is 35.4 Å². The molecule has 1 aromatic carbocycles. The second kappa shape index (κ2) is 4.97. The number of hydrogen-bond acceptors (Lipinski definition) is 3. The normalized spacial score (nSPS) is 20.7. The fourth-order valence-corrected chi connectivity index (χ4v) is 2.63. The molecule has 16 heavy (non-hydrogen) atoms. The summed E-state index contributed by atoms with van der Waals surface area (Å²) in [6.45, 7) is 0.767. The molecule has 3 nitrogen and oxygen atoms in total. The molecular formula is C12H17NO2S. The third-order valence-corrected chi connectivity index (χ3v) is 3.81. The molecule has 0 heterocycles. The molecule has 4 heteroatoms. The van der Waals surface area contributed by atoms with Crippen molar-refractivity contribution < 1.29 is 9.32 Å². The van der Waals surface area contributed by atoms with Crippen LogP contribution >= 0.6 is 0 Å². The Morgan fingerprint density at radius 2 is 2.38 bits per heavy atom. The van der Waals surface area contributed by atoms with Gasteiger partial charge in [0.25, 0.3) is 0 Å². The Kier molecular flexibility index (Phi) is 3.61. The molecule has 1 aliphatic carbocycles. The van der Waals surface area contributed by atoms with Crippen molar-refractivity contribution in [3.8, 4) is 5.75 Å². The highest BCUT2D eigenvalue weighted by Crippen LogP contribution is 2.35. The molecule has 1 aliphatic rings. The molecule has 0 fully saturated rings. The Morgan fingerprint density at radius 1 is 1.56 bits per heavy atom. The van der Waals surface area contributed by atoms with E-state index in [2.05, 4.69) is 11.4 Å². The Hall–Kier alpha value is -0.870. The summed E-state index contributed by atoms with van der Waals surface area (Å²) in [7, 11) is -0.740. The van der Waals surface area contributed by atoms with Crippen molar-refractivity contribution >= 4 is 10.8 Å². The monoisotopic (exact) mass is 239 g/mol. The fourth-order valence-electron chi connectivity index (χ4n) is 2.22. The lowest BCUT2D eigenvalue weighted by molar-refractivity contribution is 0.469. The van der Waals surface area contributed by atoms with E-state index in [1.807, 2.05) is 6.07 Å². The number of phenols is 1. The van der Waals surface area contributed by atoms with Crippen LogP contribution in [0.2, 0.25) is 0 Å². The average Bonchev–Trinajstić information content (AvgIpc) is 2.63. The van der Waals surface area contributed by atoms with Crippen molar-refractivity contribution in [2.45, 2.75) is 18.9 Å². The van der Waals surface area contributed by atoms with E-state index in [0.29, 0.717) is 17.5 Å². The number of fused-ring (bicyclic) bond motifs is 1. The zero-order chi connectivity index (χ0) is 11.5. The van der Waals surface area contributed by atoms with Crippen molar-refractivity contribution in [1.82, 2.24) is 5.32 Å². The number of benzene rings is 1. The fraction of sp³-hybridized carbons (Fsp3) is 0.500. The molecular weight excluding hydrogens is 222 g/mol. The van der Waals surface area contributed by atoms with Gasteiger partial charge < -0.3 is 10.4 Å². The first-order chi connectivity index (χ1) is 7.68.